The molecule has 1 aliphatic heterocycles. The molecule has 3 rings (SSSR count). The van der Waals surface area contributed by atoms with Gasteiger partial charge in [0.05, 0.1) is 32.3 Å². The van der Waals surface area contributed by atoms with Gasteiger partial charge in [-0.1, -0.05) is 6.07 Å². The van der Waals surface area contributed by atoms with Crippen molar-refractivity contribution < 1.29 is 14.3 Å². The molecule has 1 aliphatic carbocycles. The van der Waals surface area contributed by atoms with Crippen molar-refractivity contribution in [2.24, 2.45) is 0 Å². The maximum atomic E-state index is 12.8. The topological polar surface area (TPSA) is 62.6 Å². The molecule has 1 aromatic rings. The van der Waals surface area contributed by atoms with Crippen molar-refractivity contribution in [2.75, 3.05) is 26.9 Å². The minimum atomic E-state index is -0.471. The summed E-state index contributed by atoms with van der Waals surface area (Å²) in [5.41, 5.74) is 2.25. The first-order chi connectivity index (χ1) is 10.2. The van der Waals surface area contributed by atoms with Gasteiger partial charge in [-0.15, -0.1) is 0 Å². The Bertz CT molecular complexity index is 594. The Kier molecular flexibility index (Phi) is 3.80. The minimum Gasteiger partial charge on any atom is -0.497 e. The minimum absolute atomic E-state index is 0.0388. The highest BCUT2D eigenvalue weighted by atomic mass is 16.5. The van der Waals surface area contributed by atoms with Crippen molar-refractivity contribution in [3.05, 3.63) is 29.3 Å². The van der Waals surface area contributed by atoms with Gasteiger partial charge in [-0.2, -0.15) is 5.26 Å². The quantitative estimate of drug-likeness (QED) is 0.826. The van der Waals surface area contributed by atoms with E-state index in [4.69, 9.17) is 9.47 Å². The number of carbonyl (C=O) groups excluding carboxylic acids is 1. The number of methoxy groups -OCH3 is 1. The van der Waals surface area contributed by atoms with E-state index in [0.717, 1.165) is 24.2 Å². The van der Waals surface area contributed by atoms with Crippen molar-refractivity contribution in [1.82, 2.24) is 4.90 Å². The van der Waals surface area contributed by atoms with Crippen molar-refractivity contribution in [3.8, 4) is 11.8 Å². The lowest BCUT2D eigenvalue weighted by molar-refractivity contribution is -0.139. The number of hydrogen-bond acceptors (Lipinski definition) is 4. The third kappa shape index (κ3) is 2.47. The molecule has 1 fully saturated rings. The van der Waals surface area contributed by atoms with Crippen LogP contribution in [0.25, 0.3) is 0 Å². The van der Waals surface area contributed by atoms with Crippen LogP contribution in [0.3, 0.4) is 0 Å². The SMILES string of the molecule is COc1ccc2c(c1)C(C(=O)N1CCOCC1C#N)CC2. The molecule has 2 aliphatic rings. The van der Waals surface area contributed by atoms with Gasteiger partial charge in [0.1, 0.15) is 11.8 Å². The molecule has 0 aromatic heterocycles. The number of carbonyl (C=O) groups is 1. The number of hydrogen-bond donors (Lipinski definition) is 0. The molecule has 0 bridgehead atoms. The highest BCUT2D eigenvalue weighted by Gasteiger charge is 2.36. The number of benzene rings is 1. The summed E-state index contributed by atoms with van der Waals surface area (Å²) in [5.74, 6) is 0.646. The van der Waals surface area contributed by atoms with Crippen LogP contribution in [0.5, 0.6) is 5.75 Å². The predicted molar refractivity (Wildman–Crippen MR) is 76.0 cm³/mol. The Morgan fingerprint density at radius 1 is 1.52 bits per heavy atom. The van der Waals surface area contributed by atoms with Gasteiger partial charge in [0.15, 0.2) is 0 Å². The number of amides is 1. The summed E-state index contributed by atoms with van der Waals surface area (Å²) in [7, 11) is 1.63. The summed E-state index contributed by atoms with van der Waals surface area (Å²) in [4.78, 5) is 14.5. The van der Waals surface area contributed by atoms with Gasteiger partial charge in [0.2, 0.25) is 5.91 Å². The average Bonchev–Trinajstić information content (AvgIpc) is 2.97. The first kappa shape index (κ1) is 13.9. The summed E-state index contributed by atoms with van der Waals surface area (Å²) in [5, 5.41) is 9.19. The molecule has 110 valence electrons. The third-order valence-corrected chi connectivity index (χ3v) is 4.29. The van der Waals surface area contributed by atoms with Crippen molar-refractivity contribution >= 4 is 5.91 Å². The molecule has 2 atom stereocenters. The van der Waals surface area contributed by atoms with Gasteiger partial charge in [0.25, 0.3) is 0 Å². The maximum Gasteiger partial charge on any atom is 0.231 e. The molecule has 0 saturated carbocycles. The number of nitrogens with zero attached hydrogens (tertiary/aromatic N) is 2. The van der Waals surface area contributed by atoms with E-state index in [1.165, 1.54) is 5.56 Å². The third-order valence-electron chi connectivity index (χ3n) is 4.29. The number of morpholine rings is 1. The van der Waals surface area contributed by atoms with Crippen LogP contribution in [-0.4, -0.2) is 43.7 Å². The summed E-state index contributed by atoms with van der Waals surface area (Å²) in [6, 6.07) is 7.60. The predicted octanol–water partition coefficient (Wildman–Crippen LogP) is 1.48. The van der Waals surface area contributed by atoms with E-state index in [0.29, 0.717) is 19.8 Å². The van der Waals surface area contributed by atoms with Crippen LogP contribution in [0.1, 0.15) is 23.5 Å². The van der Waals surface area contributed by atoms with Gasteiger partial charge in [0, 0.05) is 6.54 Å². The molecule has 0 spiro atoms. The smallest absolute Gasteiger partial charge is 0.231 e. The lowest BCUT2D eigenvalue weighted by Crippen LogP contribution is -2.49. The summed E-state index contributed by atoms with van der Waals surface area (Å²) < 4.78 is 10.5. The van der Waals surface area contributed by atoms with Crippen molar-refractivity contribution in [2.45, 2.75) is 24.8 Å². The molecule has 1 saturated heterocycles. The monoisotopic (exact) mass is 286 g/mol. The van der Waals surface area contributed by atoms with Gasteiger partial charge in [-0.05, 0) is 36.1 Å². The van der Waals surface area contributed by atoms with E-state index in [1.54, 1.807) is 12.0 Å². The second-order valence-corrected chi connectivity index (χ2v) is 5.41. The summed E-state index contributed by atoms with van der Waals surface area (Å²) in [6.45, 7) is 1.30. The lowest BCUT2D eigenvalue weighted by Gasteiger charge is -2.33. The number of ether oxygens (including phenoxy) is 2. The Labute approximate surface area is 124 Å². The lowest BCUT2D eigenvalue weighted by atomic mass is 9.98. The van der Waals surface area contributed by atoms with E-state index in [9.17, 15) is 10.1 Å². The van der Waals surface area contributed by atoms with E-state index >= 15 is 0 Å². The molecule has 1 aromatic carbocycles. The van der Waals surface area contributed by atoms with Crippen molar-refractivity contribution in [1.29, 1.82) is 5.26 Å². The normalized spacial score (nSPS) is 24.3. The van der Waals surface area contributed by atoms with E-state index in [-0.39, 0.29) is 11.8 Å². The fraction of sp³-hybridized carbons (Fsp3) is 0.500. The average molecular weight is 286 g/mol. The molecule has 0 N–H and O–H groups in total. The van der Waals surface area contributed by atoms with Crippen LogP contribution in [-0.2, 0) is 16.0 Å². The first-order valence-corrected chi connectivity index (χ1v) is 7.19. The largest absolute Gasteiger partial charge is 0.497 e. The zero-order valence-electron chi connectivity index (χ0n) is 12.0. The number of rotatable bonds is 2. The molecular formula is C16H18N2O3. The van der Waals surface area contributed by atoms with Gasteiger partial charge in [-0.3, -0.25) is 4.79 Å². The van der Waals surface area contributed by atoms with Gasteiger partial charge >= 0.3 is 0 Å². The van der Waals surface area contributed by atoms with Crippen LogP contribution in [0, 0.1) is 11.3 Å². The Hall–Kier alpha value is -2.06. The van der Waals surface area contributed by atoms with Crippen LogP contribution < -0.4 is 4.74 Å². The molecule has 1 amide bonds. The number of fused-ring (bicyclic) bond motifs is 1. The first-order valence-electron chi connectivity index (χ1n) is 7.19. The highest BCUT2D eigenvalue weighted by Crippen LogP contribution is 2.37. The Balaban J connectivity index is 1.86. The molecular weight excluding hydrogens is 268 g/mol. The molecule has 5 nitrogen and oxygen atoms in total. The number of aryl methyl sites for hydroxylation is 1. The van der Waals surface area contributed by atoms with E-state index < -0.39 is 6.04 Å². The van der Waals surface area contributed by atoms with Crippen molar-refractivity contribution in [3.63, 3.8) is 0 Å². The zero-order valence-corrected chi connectivity index (χ0v) is 12.0. The summed E-state index contributed by atoms with van der Waals surface area (Å²) in [6.07, 6.45) is 1.70. The maximum absolute atomic E-state index is 12.8. The van der Waals surface area contributed by atoms with E-state index in [1.807, 2.05) is 18.2 Å². The van der Waals surface area contributed by atoms with E-state index in [2.05, 4.69) is 6.07 Å². The van der Waals surface area contributed by atoms with Crippen LogP contribution in [0.15, 0.2) is 18.2 Å². The standard InChI is InChI=1S/C16H18N2O3/c1-20-13-4-2-11-3-5-14(15(11)8-13)16(19)18-6-7-21-10-12(18)9-17/h2,4,8,12,14H,3,5-7,10H2,1H3. The van der Waals surface area contributed by atoms with Crippen LogP contribution in [0.2, 0.25) is 0 Å². The highest BCUT2D eigenvalue weighted by molar-refractivity contribution is 5.86. The second kappa shape index (κ2) is 5.74. The van der Waals surface area contributed by atoms with Crippen LogP contribution in [0.4, 0.5) is 0 Å². The molecule has 21 heavy (non-hydrogen) atoms. The fourth-order valence-electron chi connectivity index (χ4n) is 3.14. The molecule has 2 unspecified atom stereocenters. The molecule has 5 heteroatoms. The van der Waals surface area contributed by atoms with Gasteiger partial charge < -0.3 is 14.4 Å². The summed E-state index contributed by atoms with van der Waals surface area (Å²) >= 11 is 0. The molecule has 0 radical (unpaired) electrons. The molecule has 1 heterocycles. The Morgan fingerprint density at radius 2 is 2.38 bits per heavy atom. The number of nitriles is 1. The Morgan fingerprint density at radius 3 is 3.14 bits per heavy atom. The fourth-order valence-corrected chi connectivity index (χ4v) is 3.14. The van der Waals surface area contributed by atoms with Gasteiger partial charge in [-0.25, -0.2) is 0 Å². The zero-order chi connectivity index (χ0) is 14.8. The second-order valence-electron chi connectivity index (χ2n) is 5.41. The van der Waals surface area contributed by atoms with Crippen LogP contribution >= 0.6 is 0 Å².